The van der Waals surface area contributed by atoms with Gasteiger partial charge in [0.05, 0.1) is 6.04 Å². The van der Waals surface area contributed by atoms with Gasteiger partial charge in [0.25, 0.3) is 0 Å². The molecule has 33 heavy (non-hydrogen) atoms. The van der Waals surface area contributed by atoms with Gasteiger partial charge in [-0.05, 0) is 85.9 Å². The highest BCUT2D eigenvalue weighted by Crippen LogP contribution is 2.50. The van der Waals surface area contributed by atoms with Gasteiger partial charge in [-0.3, -0.25) is 9.69 Å². The number of hydrogen-bond acceptors (Lipinski definition) is 3. The van der Waals surface area contributed by atoms with Crippen LogP contribution >= 0.6 is 39.7 Å². The van der Waals surface area contributed by atoms with Gasteiger partial charge in [0.2, 0.25) is 5.91 Å². The first-order chi connectivity index (χ1) is 15.8. The van der Waals surface area contributed by atoms with Crippen molar-refractivity contribution in [1.29, 1.82) is 0 Å². The van der Waals surface area contributed by atoms with E-state index in [2.05, 4.69) is 26.6 Å². The van der Waals surface area contributed by atoms with E-state index in [4.69, 9.17) is 28.6 Å². The zero-order valence-corrected chi connectivity index (χ0v) is 20.5. The fourth-order valence-corrected chi connectivity index (χ4v) is 5.41. The first-order valence-corrected chi connectivity index (χ1v) is 11.8. The summed E-state index contributed by atoms with van der Waals surface area (Å²) in [5.74, 6) is -0.679. The number of nitrogens with one attached hydrogen (secondary N) is 2. The molecule has 0 aromatic heterocycles. The van der Waals surface area contributed by atoms with Gasteiger partial charge in [0, 0.05) is 26.4 Å². The van der Waals surface area contributed by atoms with Crippen LogP contribution in [0.2, 0.25) is 5.02 Å². The summed E-state index contributed by atoms with van der Waals surface area (Å²) in [7, 11) is 0. The van der Waals surface area contributed by atoms with Crippen molar-refractivity contribution in [3.8, 4) is 5.75 Å². The van der Waals surface area contributed by atoms with E-state index in [0.29, 0.717) is 27.3 Å². The van der Waals surface area contributed by atoms with Crippen molar-refractivity contribution in [1.82, 2.24) is 5.32 Å². The molecule has 0 unspecified atom stereocenters. The summed E-state index contributed by atoms with van der Waals surface area (Å²) in [4.78, 5) is 15.4. The van der Waals surface area contributed by atoms with Crippen LogP contribution in [-0.4, -0.2) is 16.7 Å². The molecule has 1 amide bonds. The van der Waals surface area contributed by atoms with Crippen LogP contribution in [0.3, 0.4) is 0 Å². The highest BCUT2D eigenvalue weighted by Gasteiger charge is 2.59. The molecule has 3 aromatic carbocycles. The number of carbonyl (C=O) groups excluding carboxylic acids is 1. The van der Waals surface area contributed by atoms with Crippen molar-refractivity contribution in [2.45, 2.75) is 18.7 Å². The van der Waals surface area contributed by atoms with Crippen molar-refractivity contribution < 1.29 is 13.9 Å². The minimum absolute atomic E-state index is 0.252. The van der Waals surface area contributed by atoms with E-state index < -0.39 is 17.7 Å². The van der Waals surface area contributed by atoms with E-state index in [1.165, 1.54) is 12.1 Å². The highest BCUT2D eigenvalue weighted by molar-refractivity contribution is 9.10. The molecule has 2 bridgehead atoms. The van der Waals surface area contributed by atoms with Crippen molar-refractivity contribution >= 4 is 62.1 Å². The summed E-state index contributed by atoms with van der Waals surface area (Å²) < 4.78 is 21.0. The molecule has 9 heteroatoms. The smallest absolute Gasteiger partial charge is 0.236 e. The lowest BCUT2D eigenvalue weighted by atomic mass is 9.78. The van der Waals surface area contributed by atoms with Crippen LogP contribution in [0.15, 0.2) is 71.2 Å². The lowest BCUT2D eigenvalue weighted by molar-refractivity contribution is -0.130. The Balaban J connectivity index is 1.62. The molecule has 0 radical (unpaired) electrons. The number of fused-ring (bicyclic) bond motifs is 4. The second-order valence-corrected chi connectivity index (χ2v) is 9.79. The molecule has 1 fully saturated rings. The van der Waals surface area contributed by atoms with Gasteiger partial charge >= 0.3 is 0 Å². The molecule has 5 rings (SSSR count). The minimum atomic E-state index is -1.18. The first kappa shape index (κ1) is 22.1. The average molecular weight is 547 g/mol. The molecule has 3 aromatic rings. The molecule has 3 atom stereocenters. The Kier molecular flexibility index (Phi) is 5.55. The van der Waals surface area contributed by atoms with E-state index >= 15 is 0 Å². The number of anilines is 2. The molecule has 0 saturated carbocycles. The lowest BCUT2D eigenvalue weighted by Crippen LogP contribution is -2.72. The molecule has 0 aliphatic carbocycles. The Morgan fingerprint density at radius 1 is 1.18 bits per heavy atom. The summed E-state index contributed by atoms with van der Waals surface area (Å²) in [6, 6.07) is 18.1. The van der Waals surface area contributed by atoms with Gasteiger partial charge in [-0.25, -0.2) is 4.39 Å². The Morgan fingerprint density at radius 2 is 1.88 bits per heavy atom. The van der Waals surface area contributed by atoms with Crippen LogP contribution in [0.1, 0.15) is 18.5 Å². The topological polar surface area (TPSA) is 53.6 Å². The van der Waals surface area contributed by atoms with Gasteiger partial charge < -0.3 is 15.4 Å². The standard InChI is InChI=1S/C24H18BrClFN3O2S/c1-24-20(22(31)28-16-7-3-14(26)4-8-16)21(18-12-13(25)2-11-19(18)32-24)29-23(33)30(24)17-9-5-15(27)6-10-17/h2-12,20-21H,1H3,(H,28,31)(H,29,33)/t20-,21+,24+/m1/s1. The molecule has 2 aliphatic heterocycles. The number of carbonyl (C=O) groups is 1. The monoisotopic (exact) mass is 545 g/mol. The van der Waals surface area contributed by atoms with E-state index in [1.807, 2.05) is 25.1 Å². The van der Waals surface area contributed by atoms with Crippen LogP contribution in [-0.2, 0) is 4.79 Å². The largest absolute Gasteiger partial charge is 0.467 e. The third kappa shape index (κ3) is 3.86. The third-order valence-corrected chi connectivity index (χ3v) is 6.98. The van der Waals surface area contributed by atoms with Gasteiger partial charge in [-0.2, -0.15) is 0 Å². The maximum atomic E-state index is 13.7. The van der Waals surface area contributed by atoms with Gasteiger partial charge in [-0.1, -0.05) is 27.5 Å². The molecular weight excluding hydrogens is 529 g/mol. The summed E-state index contributed by atoms with van der Waals surface area (Å²) in [6.45, 7) is 1.83. The maximum absolute atomic E-state index is 13.7. The van der Waals surface area contributed by atoms with Crippen LogP contribution in [0, 0.1) is 11.7 Å². The summed E-state index contributed by atoms with van der Waals surface area (Å²) in [5.41, 5.74) is 0.864. The average Bonchev–Trinajstić information content (AvgIpc) is 2.77. The Hall–Kier alpha value is -2.68. The molecule has 2 N–H and O–H groups in total. The number of benzene rings is 3. The number of rotatable bonds is 3. The molecule has 2 heterocycles. The normalized spacial score (nSPS) is 23.3. The van der Waals surface area contributed by atoms with Gasteiger partial charge in [-0.15, -0.1) is 0 Å². The van der Waals surface area contributed by atoms with Gasteiger partial charge in [0.1, 0.15) is 17.5 Å². The van der Waals surface area contributed by atoms with Crippen molar-refractivity contribution in [2.24, 2.45) is 5.92 Å². The molecule has 0 spiro atoms. The Bertz CT molecular complexity index is 1260. The highest BCUT2D eigenvalue weighted by atomic mass is 79.9. The molecule has 5 nitrogen and oxygen atoms in total. The molecule has 168 valence electrons. The van der Waals surface area contributed by atoms with Crippen LogP contribution in [0.5, 0.6) is 5.75 Å². The zero-order valence-electron chi connectivity index (χ0n) is 17.3. The number of amides is 1. The maximum Gasteiger partial charge on any atom is 0.236 e. The summed E-state index contributed by atoms with van der Waals surface area (Å²) in [6.07, 6.45) is 0. The Morgan fingerprint density at radius 3 is 2.58 bits per heavy atom. The van der Waals surface area contributed by atoms with Gasteiger partial charge in [0.15, 0.2) is 10.8 Å². The zero-order chi connectivity index (χ0) is 23.3. The summed E-state index contributed by atoms with van der Waals surface area (Å²) >= 11 is 15.2. The van der Waals surface area contributed by atoms with Crippen molar-refractivity contribution in [2.75, 3.05) is 10.2 Å². The van der Waals surface area contributed by atoms with Crippen LogP contribution in [0.4, 0.5) is 15.8 Å². The Labute approximate surface area is 209 Å². The molecule has 1 saturated heterocycles. The van der Waals surface area contributed by atoms with E-state index in [-0.39, 0.29) is 11.7 Å². The minimum Gasteiger partial charge on any atom is -0.467 e. The number of thiocarbonyl (C=S) groups is 1. The molecule has 2 aliphatic rings. The number of ether oxygens (including phenoxy) is 1. The fraction of sp³-hybridized carbons (Fsp3) is 0.167. The van der Waals surface area contributed by atoms with Crippen LogP contribution < -0.4 is 20.3 Å². The van der Waals surface area contributed by atoms with Crippen molar-refractivity contribution in [3.05, 3.63) is 87.6 Å². The van der Waals surface area contributed by atoms with E-state index in [0.717, 1.165) is 10.0 Å². The van der Waals surface area contributed by atoms with E-state index in [1.54, 1.807) is 41.3 Å². The predicted molar refractivity (Wildman–Crippen MR) is 134 cm³/mol. The second-order valence-electron chi connectivity index (χ2n) is 8.05. The quantitative estimate of drug-likeness (QED) is 0.392. The second kappa shape index (κ2) is 8.27. The SMILES string of the molecule is C[C@@]12Oc3ccc(Br)cc3[C@H](NC(=S)N1c1ccc(F)cc1)[C@@H]2C(=O)Nc1ccc(Cl)cc1. The van der Waals surface area contributed by atoms with Crippen LogP contribution in [0.25, 0.3) is 0 Å². The fourth-order valence-electron chi connectivity index (χ4n) is 4.49. The van der Waals surface area contributed by atoms with Crippen molar-refractivity contribution in [3.63, 3.8) is 0 Å². The molecular formula is C24H18BrClFN3O2S. The number of nitrogens with zero attached hydrogens (tertiary/aromatic N) is 1. The number of hydrogen-bond donors (Lipinski definition) is 2. The predicted octanol–water partition coefficient (Wildman–Crippen LogP) is 6.04. The summed E-state index contributed by atoms with van der Waals surface area (Å²) in [5, 5.41) is 7.26. The van der Waals surface area contributed by atoms with E-state index in [9.17, 15) is 9.18 Å². The first-order valence-electron chi connectivity index (χ1n) is 10.2. The third-order valence-electron chi connectivity index (χ3n) is 5.94. The lowest BCUT2D eigenvalue weighted by Gasteiger charge is -2.56. The number of halogens is 3.